The monoisotopic (exact) mass is 463 g/mol. The zero-order chi connectivity index (χ0) is 22.9. The molecule has 32 heavy (non-hydrogen) atoms. The first-order valence-electron chi connectivity index (χ1n) is 10.8. The molecule has 2 fully saturated rings. The Hall–Kier alpha value is -2.52. The second-order valence-electron chi connectivity index (χ2n) is 8.41. The molecular weight excluding hydrogens is 436 g/mol. The van der Waals surface area contributed by atoms with Gasteiger partial charge < -0.3 is 9.80 Å². The van der Waals surface area contributed by atoms with E-state index in [1.54, 1.807) is 0 Å². The van der Waals surface area contributed by atoms with Crippen molar-refractivity contribution in [1.29, 1.82) is 0 Å². The van der Waals surface area contributed by atoms with Gasteiger partial charge >= 0.3 is 0 Å². The van der Waals surface area contributed by atoms with Crippen LogP contribution in [-0.2, 0) is 14.8 Å². The highest BCUT2D eigenvalue weighted by Crippen LogP contribution is 2.27. The standard InChI is InChI=1S/C23H27F2N3O3S/c1-17-3-2-4-19(15-17)26-11-13-27(14-12-26)23(29)18-7-9-28(10-8-18)32(30,31)20-5-6-21(24)22(25)16-20/h2-6,15-16,18H,7-14H2,1H3. The topological polar surface area (TPSA) is 60.9 Å². The predicted octanol–water partition coefficient (Wildman–Crippen LogP) is 3.02. The highest BCUT2D eigenvalue weighted by atomic mass is 32.2. The predicted molar refractivity (Wildman–Crippen MR) is 118 cm³/mol. The van der Waals surface area contributed by atoms with Crippen LogP contribution in [0.25, 0.3) is 0 Å². The molecular formula is C23H27F2N3O3S. The summed E-state index contributed by atoms with van der Waals surface area (Å²) < 4.78 is 53.4. The molecule has 0 N–H and O–H groups in total. The highest BCUT2D eigenvalue weighted by Gasteiger charge is 2.35. The summed E-state index contributed by atoms with van der Waals surface area (Å²) in [6.07, 6.45) is 0.833. The minimum atomic E-state index is -3.92. The van der Waals surface area contributed by atoms with Gasteiger partial charge in [0.2, 0.25) is 15.9 Å². The summed E-state index contributed by atoms with van der Waals surface area (Å²) in [6, 6.07) is 10.9. The molecule has 0 saturated carbocycles. The Balaban J connectivity index is 1.32. The molecule has 9 heteroatoms. The Morgan fingerprint density at radius 3 is 2.22 bits per heavy atom. The van der Waals surface area contributed by atoms with Gasteiger partial charge in [-0.3, -0.25) is 4.79 Å². The largest absolute Gasteiger partial charge is 0.368 e. The normalized spacial score (nSPS) is 18.7. The van der Waals surface area contributed by atoms with Crippen LogP contribution in [0.2, 0.25) is 0 Å². The third-order valence-electron chi connectivity index (χ3n) is 6.29. The van der Waals surface area contributed by atoms with Crippen molar-refractivity contribution in [1.82, 2.24) is 9.21 Å². The molecule has 172 valence electrons. The average Bonchev–Trinajstić information content (AvgIpc) is 2.80. The molecule has 0 bridgehead atoms. The van der Waals surface area contributed by atoms with Crippen molar-refractivity contribution in [2.45, 2.75) is 24.7 Å². The lowest BCUT2D eigenvalue weighted by Gasteiger charge is -2.39. The molecule has 0 spiro atoms. The third-order valence-corrected chi connectivity index (χ3v) is 8.18. The number of halogens is 2. The second-order valence-corrected chi connectivity index (χ2v) is 10.3. The molecule has 2 aliphatic rings. The molecule has 0 atom stereocenters. The van der Waals surface area contributed by atoms with Crippen LogP contribution in [0.3, 0.4) is 0 Å². The molecule has 2 heterocycles. The maximum atomic E-state index is 13.5. The molecule has 4 rings (SSSR count). The minimum Gasteiger partial charge on any atom is -0.368 e. The van der Waals surface area contributed by atoms with Crippen LogP contribution in [0.5, 0.6) is 0 Å². The van der Waals surface area contributed by atoms with E-state index in [1.807, 2.05) is 11.0 Å². The fraction of sp³-hybridized carbons (Fsp3) is 0.435. The van der Waals surface area contributed by atoms with Crippen LogP contribution in [0.15, 0.2) is 47.4 Å². The molecule has 2 saturated heterocycles. The van der Waals surface area contributed by atoms with Crippen LogP contribution in [0.4, 0.5) is 14.5 Å². The van der Waals surface area contributed by atoms with Crippen molar-refractivity contribution < 1.29 is 22.0 Å². The van der Waals surface area contributed by atoms with Gasteiger partial charge in [0.1, 0.15) is 0 Å². The van der Waals surface area contributed by atoms with Gasteiger partial charge in [-0.2, -0.15) is 4.31 Å². The Bertz CT molecular complexity index is 1090. The number of rotatable bonds is 4. The maximum absolute atomic E-state index is 13.5. The van der Waals surface area contributed by atoms with Gasteiger partial charge in [-0.15, -0.1) is 0 Å². The first-order valence-corrected chi connectivity index (χ1v) is 12.3. The summed E-state index contributed by atoms with van der Waals surface area (Å²) in [6.45, 7) is 5.22. The van der Waals surface area contributed by atoms with Crippen molar-refractivity contribution >= 4 is 21.6 Å². The van der Waals surface area contributed by atoms with Gasteiger partial charge in [-0.1, -0.05) is 12.1 Å². The lowest BCUT2D eigenvalue weighted by molar-refractivity contribution is -0.137. The van der Waals surface area contributed by atoms with E-state index in [-0.39, 0.29) is 29.8 Å². The summed E-state index contributed by atoms with van der Waals surface area (Å²) in [4.78, 5) is 16.9. The first-order chi connectivity index (χ1) is 15.3. The van der Waals surface area contributed by atoms with Crippen LogP contribution < -0.4 is 4.90 Å². The summed E-state index contributed by atoms with van der Waals surface area (Å²) >= 11 is 0. The number of benzene rings is 2. The lowest BCUT2D eigenvalue weighted by Crippen LogP contribution is -2.52. The first kappa shape index (κ1) is 22.7. The van der Waals surface area contributed by atoms with Crippen molar-refractivity contribution in [2.75, 3.05) is 44.2 Å². The molecule has 6 nitrogen and oxygen atoms in total. The summed E-state index contributed by atoms with van der Waals surface area (Å²) in [5, 5.41) is 0. The quantitative estimate of drug-likeness (QED) is 0.700. The summed E-state index contributed by atoms with van der Waals surface area (Å²) in [5.41, 5.74) is 2.36. The fourth-order valence-corrected chi connectivity index (χ4v) is 5.88. The number of carbonyl (C=O) groups is 1. The van der Waals surface area contributed by atoms with Gasteiger partial charge in [0.25, 0.3) is 0 Å². The number of nitrogens with zero attached hydrogens (tertiary/aromatic N) is 3. The molecule has 0 radical (unpaired) electrons. The van der Waals surface area contributed by atoms with E-state index < -0.39 is 21.7 Å². The number of piperazine rings is 1. The number of aryl methyl sites for hydroxylation is 1. The van der Waals surface area contributed by atoms with Crippen LogP contribution >= 0.6 is 0 Å². The third kappa shape index (κ3) is 4.63. The van der Waals surface area contributed by atoms with Gasteiger partial charge in [0.15, 0.2) is 11.6 Å². The SMILES string of the molecule is Cc1cccc(N2CCN(C(=O)C3CCN(S(=O)(=O)c4ccc(F)c(F)c4)CC3)CC2)c1. The van der Waals surface area contributed by atoms with Crippen LogP contribution in [0, 0.1) is 24.5 Å². The number of hydrogen-bond acceptors (Lipinski definition) is 4. The number of anilines is 1. The Morgan fingerprint density at radius 2 is 1.59 bits per heavy atom. The Morgan fingerprint density at radius 1 is 0.906 bits per heavy atom. The number of carbonyl (C=O) groups excluding carboxylic acids is 1. The Labute approximate surface area is 187 Å². The van der Waals surface area contributed by atoms with E-state index in [2.05, 4.69) is 30.0 Å². The second kappa shape index (κ2) is 9.15. The number of hydrogen-bond donors (Lipinski definition) is 0. The molecule has 2 aromatic rings. The minimum absolute atomic E-state index is 0.0683. The molecule has 2 aromatic carbocycles. The van der Waals surface area contributed by atoms with E-state index in [0.717, 1.165) is 30.9 Å². The molecule has 1 amide bonds. The Kier molecular flexibility index (Phi) is 6.48. The average molecular weight is 464 g/mol. The zero-order valence-electron chi connectivity index (χ0n) is 18.0. The number of piperidine rings is 1. The maximum Gasteiger partial charge on any atom is 0.243 e. The number of amides is 1. The highest BCUT2D eigenvalue weighted by molar-refractivity contribution is 7.89. The van der Waals surface area contributed by atoms with E-state index in [0.29, 0.717) is 32.0 Å². The van der Waals surface area contributed by atoms with Crippen LogP contribution in [-0.4, -0.2) is 62.8 Å². The molecule has 0 unspecified atom stereocenters. The van der Waals surface area contributed by atoms with Gasteiger partial charge in [0, 0.05) is 50.9 Å². The van der Waals surface area contributed by atoms with Gasteiger partial charge in [-0.05, 0) is 55.7 Å². The van der Waals surface area contributed by atoms with Crippen LogP contribution in [0.1, 0.15) is 18.4 Å². The molecule has 2 aliphatic heterocycles. The number of sulfonamides is 1. The van der Waals surface area contributed by atoms with Crippen molar-refractivity contribution in [3.63, 3.8) is 0 Å². The van der Waals surface area contributed by atoms with E-state index in [1.165, 1.54) is 9.87 Å². The molecule has 0 aliphatic carbocycles. The van der Waals surface area contributed by atoms with E-state index in [4.69, 9.17) is 0 Å². The van der Waals surface area contributed by atoms with Gasteiger partial charge in [0.05, 0.1) is 4.90 Å². The smallest absolute Gasteiger partial charge is 0.243 e. The van der Waals surface area contributed by atoms with Crippen molar-refractivity contribution in [3.8, 4) is 0 Å². The van der Waals surface area contributed by atoms with Crippen molar-refractivity contribution in [2.24, 2.45) is 5.92 Å². The lowest BCUT2D eigenvalue weighted by atomic mass is 9.96. The van der Waals surface area contributed by atoms with E-state index >= 15 is 0 Å². The molecule has 0 aromatic heterocycles. The summed E-state index contributed by atoms with van der Waals surface area (Å²) in [5.74, 6) is -2.44. The van der Waals surface area contributed by atoms with Gasteiger partial charge in [-0.25, -0.2) is 17.2 Å². The fourth-order valence-electron chi connectivity index (χ4n) is 4.40. The summed E-state index contributed by atoms with van der Waals surface area (Å²) in [7, 11) is -3.92. The van der Waals surface area contributed by atoms with E-state index in [9.17, 15) is 22.0 Å². The van der Waals surface area contributed by atoms with Crippen molar-refractivity contribution in [3.05, 3.63) is 59.7 Å². The zero-order valence-corrected chi connectivity index (χ0v) is 18.8.